The molecule has 0 aliphatic heterocycles. The maximum absolute atomic E-state index is 12.6. The molecule has 10 heteroatoms. The van der Waals surface area contributed by atoms with Gasteiger partial charge in [0.05, 0.1) is 12.0 Å². The first-order valence-corrected chi connectivity index (χ1v) is 9.62. The third kappa shape index (κ3) is 4.29. The van der Waals surface area contributed by atoms with Gasteiger partial charge in [-0.2, -0.15) is 0 Å². The number of carbonyl (C=O) groups is 2. The van der Waals surface area contributed by atoms with E-state index in [4.69, 9.17) is 4.42 Å². The molecule has 0 saturated heterocycles. The van der Waals surface area contributed by atoms with Gasteiger partial charge >= 0.3 is 5.97 Å². The molecule has 1 amide bonds. The van der Waals surface area contributed by atoms with Crippen molar-refractivity contribution in [1.29, 1.82) is 0 Å². The zero-order valence-corrected chi connectivity index (χ0v) is 15.9. The van der Waals surface area contributed by atoms with Crippen LogP contribution in [0.4, 0.5) is 5.69 Å². The Hall–Kier alpha value is -3.40. The van der Waals surface area contributed by atoms with E-state index in [0.717, 1.165) is 0 Å². The van der Waals surface area contributed by atoms with Crippen molar-refractivity contribution in [1.82, 2.24) is 10.3 Å². The average molecular weight is 403 g/mol. The van der Waals surface area contributed by atoms with Gasteiger partial charge in [0.1, 0.15) is 12.1 Å². The number of ether oxygens (including phenoxy) is 1. The summed E-state index contributed by atoms with van der Waals surface area (Å²) in [6.07, 6.45) is 0. The van der Waals surface area contributed by atoms with Gasteiger partial charge in [-0.1, -0.05) is 0 Å². The van der Waals surface area contributed by atoms with Crippen LogP contribution in [0.2, 0.25) is 0 Å². The normalized spacial score (nSPS) is 11.2. The molecule has 2 N–H and O–H groups in total. The van der Waals surface area contributed by atoms with Crippen LogP contribution in [0, 0.1) is 6.92 Å². The number of oxazole rings is 1. The van der Waals surface area contributed by atoms with Crippen LogP contribution in [0.5, 0.6) is 0 Å². The van der Waals surface area contributed by atoms with Gasteiger partial charge < -0.3 is 14.5 Å². The van der Waals surface area contributed by atoms with Gasteiger partial charge in [0.15, 0.2) is 11.5 Å². The predicted octanol–water partition coefficient (Wildman–Crippen LogP) is 1.84. The molecule has 0 fully saturated rings. The lowest BCUT2D eigenvalue weighted by atomic mass is 10.2. The number of aromatic nitrogens is 1. The number of sulfonamides is 1. The van der Waals surface area contributed by atoms with Crippen LogP contribution in [0.25, 0.3) is 11.1 Å². The fourth-order valence-electron chi connectivity index (χ4n) is 2.42. The van der Waals surface area contributed by atoms with E-state index < -0.39 is 21.9 Å². The predicted molar refractivity (Wildman–Crippen MR) is 100 cm³/mol. The smallest absolute Gasteiger partial charge is 0.325 e. The molecule has 0 saturated carbocycles. The molecule has 3 rings (SSSR count). The highest BCUT2D eigenvalue weighted by Crippen LogP contribution is 2.22. The Balaban J connectivity index is 1.73. The zero-order chi connectivity index (χ0) is 20.3. The Labute approximate surface area is 160 Å². The lowest BCUT2D eigenvalue weighted by Crippen LogP contribution is -2.30. The van der Waals surface area contributed by atoms with Gasteiger partial charge in [-0.15, -0.1) is 0 Å². The molecule has 3 aromatic rings. The minimum Gasteiger partial charge on any atom is -0.468 e. The summed E-state index contributed by atoms with van der Waals surface area (Å²) in [5.74, 6) is -0.610. The fraction of sp³-hybridized carbons (Fsp3) is 0.167. The number of hydrogen-bond donors (Lipinski definition) is 2. The minimum atomic E-state index is -3.85. The number of aryl methyl sites for hydroxylation is 1. The molecule has 146 valence electrons. The van der Waals surface area contributed by atoms with Crippen molar-refractivity contribution in [2.45, 2.75) is 11.8 Å². The number of nitrogens with one attached hydrogen (secondary N) is 2. The van der Waals surface area contributed by atoms with Gasteiger partial charge in [-0.05, 0) is 36.4 Å². The molecule has 28 heavy (non-hydrogen) atoms. The van der Waals surface area contributed by atoms with Crippen molar-refractivity contribution in [2.75, 3.05) is 18.4 Å². The molecule has 0 radical (unpaired) electrons. The second kappa shape index (κ2) is 7.69. The van der Waals surface area contributed by atoms with Gasteiger partial charge in [-0.25, -0.2) is 13.4 Å². The lowest BCUT2D eigenvalue weighted by Gasteiger charge is -2.09. The Morgan fingerprint density at radius 1 is 1.14 bits per heavy atom. The van der Waals surface area contributed by atoms with E-state index in [2.05, 4.69) is 19.8 Å². The molecule has 0 unspecified atom stereocenters. The van der Waals surface area contributed by atoms with E-state index in [1.54, 1.807) is 13.0 Å². The number of anilines is 1. The number of rotatable bonds is 6. The summed E-state index contributed by atoms with van der Waals surface area (Å²) in [5.41, 5.74) is 1.49. The summed E-state index contributed by atoms with van der Waals surface area (Å²) >= 11 is 0. The van der Waals surface area contributed by atoms with Crippen molar-refractivity contribution >= 4 is 38.7 Å². The molecule has 0 aliphatic rings. The Kier molecular flexibility index (Phi) is 5.32. The van der Waals surface area contributed by atoms with Crippen molar-refractivity contribution < 1.29 is 27.2 Å². The van der Waals surface area contributed by atoms with E-state index in [9.17, 15) is 18.0 Å². The number of nitrogens with zero attached hydrogens (tertiary/aromatic N) is 1. The maximum atomic E-state index is 12.6. The third-order valence-electron chi connectivity index (χ3n) is 3.80. The number of methoxy groups -OCH3 is 1. The van der Waals surface area contributed by atoms with Gasteiger partial charge in [0.25, 0.3) is 15.9 Å². The zero-order valence-electron chi connectivity index (χ0n) is 15.1. The summed E-state index contributed by atoms with van der Waals surface area (Å²) in [7, 11) is -2.63. The lowest BCUT2D eigenvalue weighted by molar-refractivity contribution is -0.139. The molecule has 0 spiro atoms. The third-order valence-corrected chi connectivity index (χ3v) is 5.18. The van der Waals surface area contributed by atoms with Gasteiger partial charge in [0, 0.05) is 24.2 Å². The fourth-order valence-corrected chi connectivity index (χ4v) is 3.49. The number of hydrogen-bond acceptors (Lipinski definition) is 7. The van der Waals surface area contributed by atoms with E-state index >= 15 is 0 Å². The first-order chi connectivity index (χ1) is 13.3. The number of benzene rings is 2. The highest BCUT2D eigenvalue weighted by Gasteiger charge is 2.17. The molecule has 0 bridgehead atoms. The number of carbonyl (C=O) groups excluding carboxylic acids is 2. The monoisotopic (exact) mass is 403 g/mol. The SMILES string of the molecule is COC(=O)CNC(=O)c1ccc(NS(=O)(=O)c2ccc3nc(C)oc3c2)cc1. The highest BCUT2D eigenvalue weighted by atomic mass is 32.2. The highest BCUT2D eigenvalue weighted by molar-refractivity contribution is 7.92. The van der Waals surface area contributed by atoms with Gasteiger partial charge in [0.2, 0.25) is 0 Å². The van der Waals surface area contributed by atoms with Crippen LogP contribution >= 0.6 is 0 Å². The largest absolute Gasteiger partial charge is 0.468 e. The second-order valence-corrected chi connectivity index (χ2v) is 7.49. The van der Waals surface area contributed by atoms with Crippen LogP contribution in [0.3, 0.4) is 0 Å². The topological polar surface area (TPSA) is 128 Å². The summed E-state index contributed by atoms with van der Waals surface area (Å²) in [5, 5.41) is 2.39. The number of fused-ring (bicyclic) bond motifs is 1. The van der Waals surface area contributed by atoms with Crippen molar-refractivity contribution in [3.8, 4) is 0 Å². The number of amides is 1. The quantitative estimate of drug-likeness (QED) is 0.601. The van der Waals surface area contributed by atoms with Crippen LogP contribution in [-0.2, 0) is 19.6 Å². The summed E-state index contributed by atoms with van der Waals surface area (Å²) in [6, 6.07) is 10.2. The molecule has 9 nitrogen and oxygen atoms in total. The van der Waals surface area contributed by atoms with E-state index in [1.807, 2.05) is 0 Å². The Morgan fingerprint density at radius 3 is 2.54 bits per heavy atom. The molecule has 0 aliphatic carbocycles. The van der Waals surface area contributed by atoms with Gasteiger partial charge in [-0.3, -0.25) is 14.3 Å². The van der Waals surface area contributed by atoms with Crippen LogP contribution in [0.1, 0.15) is 16.2 Å². The first kappa shape index (κ1) is 19.4. The summed E-state index contributed by atoms with van der Waals surface area (Å²) < 4.78 is 37.4. The average Bonchev–Trinajstić information content (AvgIpc) is 3.05. The van der Waals surface area contributed by atoms with Crippen LogP contribution < -0.4 is 10.0 Å². The van der Waals surface area contributed by atoms with E-state index in [0.29, 0.717) is 17.0 Å². The van der Waals surface area contributed by atoms with E-state index in [1.165, 1.54) is 43.5 Å². The summed E-state index contributed by atoms with van der Waals surface area (Å²) in [4.78, 5) is 27.1. The molecule has 1 aromatic heterocycles. The van der Waals surface area contributed by atoms with Crippen molar-refractivity contribution in [3.63, 3.8) is 0 Å². The van der Waals surface area contributed by atoms with Crippen molar-refractivity contribution in [2.24, 2.45) is 0 Å². The standard InChI is InChI=1S/C18H17N3O6S/c1-11-20-15-8-7-14(9-16(15)27-11)28(24,25)21-13-5-3-12(4-6-13)18(23)19-10-17(22)26-2/h3-9,21H,10H2,1-2H3,(H,19,23). The number of esters is 1. The molecular formula is C18H17N3O6S. The van der Waals surface area contributed by atoms with E-state index in [-0.39, 0.29) is 22.7 Å². The Morgan fingerprint density at radius 2 is 1.86 bits per heavy atom. The Bertz CT molecular complexity index is 1140. The first-order valence-electron chi connectivity index (χ1n) is 8.13. The minimum absolute atomic E-state index is 0.0241. The summed E-state index contributed by atoms with van der Waals surface area (Å²) in [6.45, 7) is 1.42. The molecule has 0 atom stereocenters. The van der Waals surface area contributed by atoms with Crippen molar-refractivity contribution in [3.05, 3.63) is 53.9 Å². The molecular weight excluding hydrogens is 386 g/mol. The molecule has 1 heterocycles. The second-order valence-electron chi connectivity index (χ2n) is 5.80. The van der Waals surface area contributed by atoms with Crippen LogP contribution in [0.15, 0.2) is 51.8 Å². The molecule has 2 aromatic carbocycles. The van der Waals surface area contributed by atoms with Crippen LogP contribution in [-0.4, -0.2) is 38.9 Å². The maximum Gasteiger partial charge on any atom is 0.325 e.